The van der Waals surface area contributed by atoms with Gasteiger partial charge in [-0.2, -0.15) is 5.26 Å². The van der Waals surface area contributed by atoms with Crippen molar-refractivity contribution in [2.45, 2.75) is 19.3 Å². The summed E-state index contributed by atoms with van der Waals surface area (Å²) in [6, 6.07) is 5.32. The molecule has 0 bridgehead atoms. The first-order valence-corrected chi connectivity index (χ1v) is 5.19. The Morgan fingerprint density at radius 1 is 1.24 bits per heavy atom. The van der Waals surface area contributed by atoms with Crippen molar-refractivity contribution < 1.29 is 14.0 Å². The molecule has 1 aromatic rings. The number of hydrogen-bond donors (Lipinski definition) is 0. The Kier molecular flexibility index (Phi) is 2.88. The molecule has 0 aliphatic carbocycles. The third kappa shape index (κ3) is 2.02. The van der Waals surface area contributed by atoms with Crippen molar-refractivity contribution in [3.05, 3.63) is 29.6 Å². The van der Waals surface area contributed by atoms with Gasteiger partial charge in [-0.05, 0) is 24.6 Å². The molecule has 0 spiro atoms. The number of nitrogens with zero attached hydrogens (tertiary/aromatic N) is 2. The second kappa shape index (κ2) is 4.34. The predicted molar refractivity (Wildman–Crippen MR) is 57.5 cm³/mol. The Hall–Kier alpha value is -2.22. The summed E-state index contributed by atoms with van der Waals surface area (Å²) in [5.41, 5.74) is 0.0892. The molecule has 86 valence electrons. The van der Waals surface area contributed by atoms with Crippen LogP contribution in [0.3, 0.4) is 0 Å². The van der Waals surface area contributed by atoms with E-state index in [1.165, 1.54) is 12.1 Å². The van der Waals surface area contributed by atoms with Crippen molar-refractivity contribution in [3.63, 3.8) is 0 Å². The molecule has 0 unspecified atom stereocenters. The number of piperidine rings is 1. The van der Waals surface area contributed by atoms with Gasteiger partial charge in [0.05, 0.1) is 11.3 Å². The van der Waals surface area contributed by atoms with E-state index >= 15 is 0 Å². The Labute approximate surface area is 97.3 Å². The minimum Gasteiger partial charge on any atom is -0.274 e. The van der Waals surface area contributed by atoms with Crippen LogP contribution in [-0.4, -0.2) is 11.8 Å². The van der Waals surface area contributed by atoms with Gasteiger partial charge in [0.15, 0.2) is 0 Å². The van der Waals surface area contributed by atoms with Crippen LogP contribution >= 0.6 is 0 Å². The van der Waals surface area contributed by atoms with E-state index in [4.69, 9.17) is 5.26 Å². The van der Waals surface area contributed by atoms with Gasteiger partial charge < -0.3 is 0 Å². The van der Waals surface area contributed by atoms with E-state index in [1.54, 1.807) is 6.07 Å². The zero-order valence-electron chi connectivity index (χ0n) is 8.94. The lowest BCUT2D eigenvalue weighted by atomic mass is 10.1. The van der Waals surface area contributed by atoms with Crippen LogP contribution in [0.5, 0.6) is 0 Å². The smallest absolute Gasteiger partial charge is 0.233 e. The maximum atomic E-state index is 13.1. The molecule has 0 saturated carbocycles. The number of benzene rings is 1. The molecule has 1 fully saturated rings. The van der Waals surface area contributed by atoms with Crippen LogP contribution in [0, 0.1) is 17.1 Å². The van der Waals surface area contributed by atoms with E-state index in [1.807, 2.05) is 0 Å². The Balaban J connectivity index is 2.43. The first kappa shape index (κ1) is 11.3. The fourth-order valence-electron chi connectivity index (χ4n) is 1.78. The second-order valence-corrected chi connectivity index (χ2v) is 3.75. The largest absolute Gasteiger partial charge is 0.274 e. The van der Waals surface area contributed by atoms with Crippen LogP contribution in [0.2, 0.25) is 0 Å². The van der Waals surface area contributed by atoms with Gasteiger partial charge in [0.2, 0.25) is 11.8 Å². The number of halogens is 1. The molecule has 5 heteroatoms. The maximum absolute atomic E-state index is 13.1. The van der Waals surface area contributed by atoms with Crippen molar-refractivity contribution in [3.8, 4) is 6.07 Å². The van der Waals surface area contributed by atoms with Crippen LogP contribution < -0.4 is 4.90 Å². The predicted octanol–water partition coefficient (Wildman–Crippen LogP) is 1.74. The lowest BCUT2D eigenvalue weighted by Crippen LogP contribution is -2.40. The highest BCUT2D eigenvalue weighted by atomic mass is 19.1. The molecule has 4 nitrogen and oxygen atoms in total. The van der Waals surface area contributed by atoms with E-state index in [-0.39, 0.29) is 23.1 Å². The molecule has 1 aliphatic rings. The lowest BCUT2D eigenvalue weighted by molar-refractivity contribution is -0.129. The van der Waals surface area contributed by atoms with Crippen LogP contribution in [0.15, 0.2) is 18.2 Å². The monoisotopic (exact) mass is 232 g/mol. The van der Waals surface area contributed by atoms with Gasteiger partial charge in [-0.15, -0.1) is 0 Å². The number of amides is 2. The SMILES string of the molecule is N#Cc1cc(N2C(=O)CCCC2=O)ccc1F. The molecule has 17 heavy (non-hydrogen) atoms. The van der Waals surface area contributed by atoms with Gasteiger partial charge in [-0.1, -0.05) is 0 Å². The third-order valence-electron chi connectivity index (χ3n) is 2.61. The molecule has 1 heterocycles. The van der Waals surface area contributed by atoms with Crippen molar-refractivity contribution >= 4 is 17.5 Å². The van der Waals surface area contributed by atoms with E-state index in [9.17, 15) is 14.0 Å². The zero-order chi connectivity index (χ0) is 12.4. The van der Waals surface area contributed by atoms with E-state index in [2.05, 4.69) is 0 Å². The number of carbonyl (C=O) groups excluding carboxylic acids is 2. The molecule has 2 rings (SSSR count). The average Bonchev–Trinajstić information content (AvgIpc) is 2.31. The summed E-state index contributed by atoms with van der Waals surface area (Å²) < 4.78 is 13.1. The van der Waals surface area contributed by atoms with Gasteiger partial charge in [0.25, 0.3) is 0 Å². The van der Waals surface area contributed by atoms with E-state index in [0.717, 1.165) is 11.0 Å². The summed E-state index contributed by atoms with van der Waals surface area (Å²) in [6.07, 6.45) is 1.14. The molecule has 0 N–H and O–H groups in total. The summed E-state index contributed by atoms with van der Waals surface area (Å²) in [4.78, 5) is 24.3. The highest BCUT2D eigenvalue weighted by Crippen LogP contribution is 2.23. The van der Waals surface area contributed by atoms with E-state index in [0.29, 0.717) is 19.3 Å². The summed E-state index contributed by atoms with van der Waals surface area (Å²) in [6.45, 7) is 0. The Morgan fingerprint density at radius 2 is 1.88 bits per heavy atom. The molecular formula is C12H9FN2O2. The molecule has 0 radical (unpaired) electrons. The number of anilines is 1. The summed E-state index contributed by atoms with van der Waals surface area (Å²) in [7, 11) is 0. The Morgan fingerprint density at radius 3 is 2.47 bits per heavy atom. The molecule has 0 aromatic heterocycles. The van der Waals surface area contributed by atoms with Crippen molar-refractivity contribution in [1.82, 2.24) is 0 Å². The van der Waals surface area contributed by atoms with Gasteiger partial charge in [-0.3, -0.25) is 14.5 Å². The molecule has 1 aromatic carbocycles. The summed E-state index contributed by atoms with van der Waals surface area (Å²) >= 11 is 0. The first-order chi connectivity index (χ1) is 8.13. The highest BCUT2D eigenvalue weighted by Gasteiger charge is 2.27. The molecule has 0 atom stereocenters. The van der Waals surface area contributed by atoms with Gasteiger partial charge in [-0.25, -0.2) is 4.39 Å². The van der Waals surface area contributed by atoms with Crippen LogP contribution in [0.25, 0.3) is 0 Å². The van der Waals surface area contributed by atoms with Crippen LogP contribution in [0.1, 0.15) is 24.8 Å². The molecule has 2 amide bonds. The minimum absolute atomic E-state index is 0.173. The summed E-state index contributed by atoms with van der Waals surface area (Å²) in [5.74, 6) is -1.28. The van der Waals surface area contributed by atoms with Crippen LogP contribution in [-0.2, 0) is 9.59 Å². The molecule has 1 saturated heterocycles. The van der Waals surface area contributed by atoms with Gasteiger partial charge >= 0.3 is 0 Å². The van der Waals surface area contributed by atoms with Gasteiger partial charge in [0.1, 0.15) is 11.9 Å². The number of carbonyl (C=O) groups is 2. The van der Waals surface area contributed by atoms with Crippen molar-refractivity contribution in [2.24, 2.45) is 0 Å². The fourth-order valence-corrected chi connectivity index (χ4v) is 1.78. The maximum Gasteiger partial charge on any atom is 0.233 e. The molecule has 1 aliphatic heterocycles. The van der Waals surface area contributed by atoms with Crippen molar-refractivity contribution in [2.75, 3.05) is 4.90 Å². The topological polar surface area (TPSA) is 61.2 Å². The highest BCUT2D eigenvalue weighted by molar-refractivity contribution is 6.16. The lowest BCUT2D eigenvalue weighted by Gasteiger charge is -2.24. The quantitative estimate of drug-likeness (QED) is 0.693. The fraction of sp³-hybridized carbons (Fsp3) is 0.250. The van der Waals surface area contributed by atoms with Crippen LogP contribution in [0.4, 0.5) is 10.1 Å². The third-order valence-corrected chi connectivity index (χ3v) is 2.61. The Bertz CT molecular complexity index is 518. The number of imide groups is 1. The summed E-state index contributed by atoms with van der Waals surface area (Å²) in [5, 5.41) is 8.69. The first-order valence-electron chi connectivity index (χ1n) is 5.19. The number of hydrogen-bond acceptors (Lipinski definition) is 3. The minimum atomic E-state index is -0.659. The van der Waals surface area contributed by atoms with Crippen molar-refractivity contribution in [1.29, 1.82) is 5.26 Å². The van der Waals surface area contributed by atoms with Gasteiger partial charge in [0, 0.05) is 12.8 Å². The van der Waals surface area contributed by atoms with E-state index < -0.39 is 5.82 Å². The number of nitriles is 1. The normalized spacial score (nSPS) is 15.9. The second-order valence-electron chi connectivity index (χ2n) is 3.75. The standard InChI is InChI=1S/C12H9FN2O2/c13-10-5-4-9(6-8(10)7-14)15-11(16)2-1-3-12(15)17/h4-6H,1-3H2. The average molecular weight is 232 g/mol. The number of rotatable bonds is 1. The molecular weight excluding hydrogens is 223 g/mol. The zero-order valence-corrected chi connectivity index (χ0v) is 8.94.